The van der Waals surface area contributed by atoms with Crippen LogP contribution in [0.1, 0.15) is 22.3 Å². The highest BCUT2D eigenvalue weighted by molar-refractivity contribution is 9.10. The number of hydrogen-bond acceptors (Lipinski definition) is 5. The molecule has 1 fully saturated rings. The highest BCUT2D eigenvalue weighted by atomic mass is 79.9. The van der Waals surface area contributed by atoms with Crippen molar-refractivity contribution in [1.82, 2.24) is 15.6 Å². The van der Waals surface area contributed by atoms with Crippen molar-refractivity contribution in [2.75, 3.05) is 13.1 Å². The van der Waals surface area contributed by atoms with E-state index in [0.717, 1.165) is 29.5 Å². The minimum atomic E-state index is -0.192. The zero-order valence-corrected chi connectivity index (χ0v) is 15.0. The standard InChI is InChI=1S/C18H17BrN4O2/c19-14-5-3-12(8-15(14)25-13-9-20-10-13)18(24)23-16-6-4-11-2-1-7-21-17(11)22-16/h1-3,5,7-8,13,20H,4,6,9-10H2,(H,21,22,23,24). The molecule has 3 heterocycles. The number of pyridine rings is 1. The molecule has 25 heavy (non-hydrogen) atoms. The summed E-state index contributed by atoms with van der Waals surface area (Å²) in [5.74, 6) is 1.81. The second kappa shape index (κ2) is 6.93. The first-order chi connectivity index (χ1) is 12.2. The number of aromatic nitrogens is 1. The lowest BCUT2D eigenvalue weighted by Crippen LogP contribution is -2.50. The Morgan fingerprint density at radius 2 is 2.16 bits per heavy atom. The number of amidine groups is 1. The molecule has 0 bridgehead atoms. The number of halogens is 1. The third-order valence-electron chi connectivity index (χ3n) is 4.23. The van der Waals surface area contributed by atoms with Crippen LogP contribution in [-0.4, -0.2) is 35.9 Å². The van der Waals surface area contributed by atoms with E-state index < -0.39 is 0 Å². The molecule has 0 unspecified atom stereocenters. The monoisotopic (exact) mass is 400 g/mol. The fourth-order valence-corrected chi connectivity index (χ4v) is 3.06. The summed E-state index contributed by atoms with van der Waals surface area (Å²) >= 11 is 3.47. The van der Waals surface area contributed by atoms with E-state index in [9.17, 15) is 4.79 Å². The van der Waals surface area contributed by atoms with Crippen molar-refractivity contribution in [3.8, 4) is 5.75 Å². The molecule has 0 saturated carbocycles. The van der Waals surface area contributed by atoms with E-state index in [1.54, 1.807) is 18.3 Å². The first kappa shape index (κ1) is 16.2. The van der Waals surface area contributed by atoms with Crippen LogP contribution in [0.5, 0.6) is 5.75 Å². The number of carbonyl (C=O) groups is 1. The number of rotatable bonds is 3. The number of benzene rings is 1. The lowest BCUT2D eigenvalue weighted by molar-refractivity contribution is 0.0974. The van der Waals surface area contributed by atoms with Gasteiger partial charge in [-0.15, -0.1) is 0 Å². The summed E-state index contributed by atoms with van der Waals surface area (Å²) in [5.41, 5.74) is 1.65. The molecule has 0 spiro atoms. The van der Waals surface area contributed by atoms with Crippen LogP contribution in [0, 0.1) is 0 Å². The molecule has 2 N–H and O–H groups in total. The van der Waals surface area contributed by atoms with Crippen molar-refractivity contribution in [3.05, 3.63) is 52.1 Å². The van der Waals surface area contributed by atoms with Crippen LogP contribution in [0.25, 0.3) is 0 Å². The Kier molecular flexibility index (Phi) is 4.50. The molecular weight excluding hydrogens is 384 g/mol. The number of aliphatic imine (C=N–C) groups is 1. The fourth-order valence-electron chi connectivity index (χ4n) is 2.72. The summed E-state index contributed by atoms with van der Waals surface area (Å²) in [6.45, 7) is 1.65. The lowest BCUT2D eigenvalue weighted by Gasteiger charge is -2.28. The van der Waals surface area contributed by atoms with E-state index in [1.165, 1.54) is 0 Å². The van der Waals surface area contributed by atoms with Gasteiger partial charge in [0.15, 0.2) is 5.82 Å². The summed E-state index contributed by atoms with van der Waals surface area (Å²) in [5, 5.41) is 6.05. The Bertz CT molecular complexity index is 849. The van der Waals surface area contributed by atoms with Crippen molar-refractivity contribution in [2.45, 2.75) is 18.9 Å². The first-order valence-electron chi connectivity index (χ1n) is 8.19. The second-order valence-electron chi connectivity index (χ2n) is 6.04. The molecule has 0 aliphatic carbocycles. The third kappa shape index (κ3) is 3.57. The number of hydrogen-bond donors (Lipinski definition) is 2. The summed E-state index contributed by atoms with van der Waals surface area (Å²) in [4.78, 5) is 21.3. The van der Waals surface area contributed by atoms with Crippen LogP contribution >= 0.6 is 15.9 Å². The third-order valence-corrected chi connectivity index (χ3v) is 4.88. The molecule has 2 aromatic rings. The van der Waals surface area contributed by atoms with Crippen LogP contribution in [0.3, 0.4) is 0 Å². The molecular formula is C18H17BrN4O2. The molecule has 6 nitrogen and oxygen atoms in total. The van der Waals surface area contributed by atoms with E-state index in [0.29, 0.717) is 29.4 Å². The molecule has 128 valence electrons. The maximum Gasteiger partial charge on any atom is 0.256 e. The van der Waals surface area contributed by atoms with Gasteiger partial charge in [-0.05, 0) is 52.2 Å². The maximum absolute atomic E-state index is 12.6. The summed E-state index contributed by atoms with van der Waals surface area (Å²) in [6, 6.07) is 9.26. The molecule has 0 atom stereocenters. The average Bonchev–Trinajstić information content (AvgIpc) is 2.59. The Labute approximate surface area is 153 Å². The average molecular weight is 401 g/mol. The molecule has 0 radical (unpaired) electrons. The van der Waals surface area contributed by atoms with Crippen molar-refractivity contribution in [2.24, 2.45) is 4.99 Å². The van der Waals surface area contributed by atoms with Gasteiger partial charge in [-0.3, -0.25) is 4.79 Å². The van der Waals surface area contributed by atoms with Crippen LogP contribution in [0.4, 0.5) is 5.82 Å². The van der Waals surface area contributed by atoms with Gasteiger partial charge in [-0.2, -0.15) is 0 Å². The quantitative estimate of drug-likeness (QED) is 0.829. The van der Waals surface area contributed by atoms with E-state index in [2.05, 4.69) is 36.5 Å². The molecule has 1 saturated heterocycles. The SMILES string of the molecule is O=C(NC1=Nc2ncccc2CC1)c1ccc(Br)c(OC2CNC2)c1. The number of amides is 1. The van der Waals surface area contributed by atoms with Gasteiger partial charge in [-0.25, -0.2) is 9.98 Å². The van der Waals surface area contributed by atoms with Gasteiger partial charge in [0, 0.05) is 31.3 Å². The van der Waals surface area contributed by atoms with Gasteiger partial charge in [-0.1, -0.05) is 6.07 Å². The first-order valence-corrected chi connectivity index (χ1v) is 8.98. The molecule has 1 aromatic heterocycles. The minimum absolute atomic E-state index is 0.153. The predicted molar refractivity (Wildman–Crippen MR) is 98.5 cm³/mol. The molecule has 4 rings (SSSR count). The Hall–Kier alpha value is -2.25. The topological polar surface area (TPSA) is 75.6 Å². The zero-order valence-electron chi connectivity index (χ0n) is 13.5. The second-order valence-corrected chi connectivity index (χ2v) is 6.90. The van der Waals surface area contributed by atoms with Gasteiger partial charge in [0.05, 0.1) is 4.47 Å². The highest BCUT2D eigenvalue weighted by Crippen LogP contribution is 2.28. The fraction of sp³-hybridized carbons (Fsp3) is 0.278. The number of carbonyl (C=O) groups excluding carboxylic acids is 1. The summed E-state index contributed by atoms with van der Waals surface area (Å²) in [7, 11) is 0. The van der Waals surface area contributed by atoms with E-state index >= 15 is 0 Å². The Morgan fingerprint density at radius 1 is 1.28 bits per heavy atom. The molecule has 2 aliphatic rings. The number of ether oxygens (including phenoxy) is 1. The van der Waals surface area contributed by atoms with Crippen molar-refractivity contribution >= 4 is 33.5 Å². The maximum atomic E-state index is 12.6. The van der Waals surface area contributed by atoms with Gasteiger partial charge in [0.25, 0.3) is 5.91 Å². The van der Waals surface area contributed by atoms with Crippen molar-refractivity contribution in [1.29, 1.82) is 0 Å². The van der Waals surface area contributed by atoms with Crippen LogP contribution in [0.15, 0.2) is 46.0 Å². The lowest BCUT2D eigenvalue weighted by atomic mass is 10.1. The normalized spacial score (nSPS) is 16.4. The zero-order chi connectivity index (χ0) is 17.2. The number of nitrogens with one attached hydrogen (secondary N) is 2. The Morgan fingerprint density at radius 3 is 2.96 bits per heavy atom. The van der Waals surface area contributed by atoms with Crippen molar-refractivity contribution < 1.29 is 9.53 Å². The molecule has 1 amide bonds. The van der Waals surface area contributed by atoms with Gasteiger partial charge >= 0.3 is 0 Å². The van der Waals surface area contributed by atoms with Crippen molar-refractivity contribution in [3.63, 3.8) is 0 Å². The highest BCUT2D eigenvalue weighted by Gasteiger charge is 2.21. The van der Waals surface area contributed by atoms with E-state index in [4.69, 9.17) is 4.74 Å². The molecule has 2 aliphatic heterocycles. The Balaban J connectivity index is 1.49. The number of fused-ring (bicyclic) bond motifs is 1. The number of aryl methyl sites for hydroxylation is 1. The minimum Gasteiger partial charge on any atom is -0.487 e. The smallest absolute Gasteiger partial charge is 0.256 e. The van der Waals surface area contributed by atoms with Crippen LogP contribution in [-0.2, 0) is 6.42 Å². The van der Waals surface area contributed by atoms with E-state index in [-0.39, 0.29) is 12.0 Å². The molecule has 1 aromatic carbocycles. The van der Waals surface area contributed by atoms with Gasteiger partial charge in [0.2, 0.25) is 0 Å². The largest absolute Gasteiger partial charge is 0.487 e. The summed E-state index contributed by atoms with van der Waals surface area (Å²) < 4.78 is 6.72. The van der Waals surface area contributed by atoms with Gasteiger partial charge in [0.1, 0.15) is 17.7 Å². The van der Waals surface area contributed by atoms with Gasteiger partial charge < -0.3 is 15.4 Å². The molecule has 7 heteroatoms. The summed E-state index contributed by atoms with van der Waals surface area (Å²) in [6.07, 6.45) is 3.38. The number of nitrogens with zero attached hydrogens (tertiary/aromatic N) is 2. The van der Waals surface area contributed by atoms with Crippen LogP contribution < -0.4 is 15.4 Å². The predicted octanol–water partition coefficient (Wildman–Crippen LogP) is 2.60. The van der Waals surface area contributed by atoms with Crippen LogP contribution in [0.2, 0.25) is 0 Å². The van der Waals surface area contributed by atoms with E-state index in [1.807, 2.05) is 18.2 Å².